The van der Waals surface area contributed by atoms with Gasteiger partial charge in [0.2, 0.25) is 0 Å². The van der Waals surface area contributed by atoms with Crippen molar-refractivity contribution in [3.05, 3.63) is 68.3 Å². The number of hydrogen-bond donors (Lipinski definition) is 1. The summed E-state index contributed by atoms with van der Waals surface area (Å²) in [5.41, 5.74) is 5.20. The van der Waals surface area contributed by atoms with Gasteiger partial charge in [0, 0.05) is 60.9 Å². The molecule has 32 heavy (non-hydrogen) atoms. The fourth-order valence-electron chi connectivity index (χ4n) is 4.61. The van der Waals surface area contributed by atoms with Crippen LogP contribution in [0.3, 0.4) is 0 Å². The van der Waals surface area contributed by atoms with Gasteiger partial charge in [-0.05, 0) is 55.2 Å². The molecule has 1 unspecified atom stereocenters. The highest BCUT2D eigenvalue weighted by atomic mass is 35.5. The second-order valence-corrected chi connectivity index (χ2v) is 9.27. The highest BCUT2D eigenvalue weighted by Crippen LogP contribution is 2.36. The number of methoxy groups -OCH3 is 1. The molecule has 0 amide bonds. The average molecular weight is 472 g/mol. The number of nitrogens with zero attached hydrogens (tertiary/aromatic N) is 3. The van der Waals surface area contributed by atoms with Crippen molar-refractivity contribution in [1.29, 1.82) is 5.26 Å². The lowest BCUT2D eigenvalue weighted by Crippen LogP contribution is -2.39. The lowest BCUT2D eigenvalue weighted by molar-refractivity contribution is -0.0436. The van der Waals surface area contributed by atoms with E-state index in [1.54, 1.807) is 7.11 Å². The molecule has 2 aromatic carbocycles. The van der Waals surface area contributed by atoms with Crippen LogP contribution in [0.2, 0.25) is 10.0 Å². The Hall–Kier alpha value is -2.07. The van der Waals surface area contributed by atoms with E-state index in [2.05, 4.69) is 16.7 Å². The summed E-state index contributed by atoms with van der Waals surface area (Å²) in [5.74, 6) is 0. The van der Waals surface area contributed by atoms with Gasteiger partial charge in [0.1, 0.15) is 6.23 Å². The van der Waals surface area contributed by atoms with Crippen molar-refractivity contribution in [2.75, 3.05) is 20.2 Å². The van der Waals surface area contributed by atoms with E-state index in [0.29, 0.717) is 27.6 Å². The number of aryl methyl sites for hydroxylation is 2. The van der Waals surface area contributed by atoms with Crippen molar-refractivity contribution in [3.63, 3.8) is 0 Å². The minimum absolute atomic E-state index is 0.242. The van der Waals surface area contributed by atoms with Crippen molar-refractivity contribution in [3.8, 4) is 6.07 Å². The topological polar surface area (TPSA) is 61.4 Å². The first kappa shape index (κ1) is 23.1. The summed E-state index contributed by atoms with van der Waals surface area (Å²) in [7, 11) is 3.72. The van der Waals surface area contributed by atoms with Gasteiger partial charge in [0.05, 0.1) is 22.8 Å². The van der Waals surface area contributed by atoms with Gasteiger partial charge >= 0.3 is 0 Å². The van der Waals surface area contributed by atoms with Gasteiger partial charge < -0.3 is 14.4 Å². The normalized spacial score (nSPS) is 16.4. The monoisotopic (exact) mass is 471 g/mol. The zero-order valence-corrected chi connectivity index (χ0v) is 20.0. The molecule has 0 spiro atoms. The minimum atomic E-state index is -0.788. The molecule has 0 radical (unpaired) electrons. The van der Waals surface area contributed by atoms with Crippen LogP contribution in [-0.4, -0.2) is 40.9 Å². The first-order valence-electron chi connectivity index (χ1n) is 10.7. The lowest BCUT2D eigenvalue weighted by Gasteiger charge is -2.35. The zero-order chi connectivity index (χ0) is 23.0. The van der Waals surface area contributed by atoms with E-state index in [4.69, 9.17) is 27.9 Å². The molecular formula is C25H27Cl2N3O2. The smallest absolute Gasteiger partial charge is 0.135 e. The summed E-state index contributed by atoms with van der Waals surface area (Å²) in [6.07, 6.45) is 1.74. The Kier molecular flexibility index (Phi) is 6.80. The van der Waals surface area contributed by atoms with E-state index < -0.39 is 6.23 Å². The summed E-state index contributed by atoms with van der Waals surface area (Å²) < 4.78 is 7.51. The molecule has 168 valence electrons. The fourth-order valence-corrected chi connectivity index (χ4v) is 5.21. The number of ether oxygens (including phenoxy) is 1. The third-order valence-electron chi connectivity index (χ3n) is 6.61. The van der Waals surface area contributed by atoms with Crippen molar-refractivity contribution >= 4 is 34.1 Å². The summed E-state index contributed by atoms with van der Waals surface area (Å²) in [4.78, 5) is 2.03. The van der Waals surface area contributed by atoms with E-state index in [-0.39, 0.29) is 6.10 Å². The second-order valence-electron chi connectivity index (χ2n) is 8.48. The minimum Gasteiger partial charge on any atom is -0.381 e. The maximum Gasteiger partial charge on any atom is 0.135 e. The van der Waals surface area contributed by atoms with Gasteiger partial charge in [0.15, 0.2) is 0 Å². The maximum atomic E-state index is 11.1. The van der Waals surface area contributed by atoms with E-state index in [0.717, 1.165) is 53.7 Å². The molecule has 3 aromatic rings. The SMILES string of the molecule is COC1CCN(C(O)c2ccc(Cl)c(Cc3cc4c(C)cc(C#N)cc4n3C)c2Cl)CC1. The van der Waals surface area contributed by atoms with Crippen molar-refractivity contribution in [1.82, 2.24) is 9.47 Å². The highest BCUT2D eigenvalue weighted by Gasteiger charge is 2.27. The Morgan fingerprint density at radius 2 is 1.94 bits per heavy atom. The Balaban J connectivity index is 1.66. The number of aliphatic hydroxyl groups excluding tert-OH is 1. The first-order chi connectivity index (χ1) is 15.3. The molecule has 1 fully saturated rings. The number of fused-ring (bicyclic) bond motifs is 1. The number of nitriles is 1. The van der Waals surface area contributed by atoms with E-state index in [1.807, 2.05) is 43.1 Å². The molecule has 1 aliphatic heterocycles. The standard InChI is InChI=1S/C25H27Cl2N3O2/c1-15-10-16(14-28)11-23-20(15)12-17(29(23)2)13-21-22(26)5-4-19(24(21)27)25(31)30-8-6-18(32-3)7-9-30/h4-5,10-12,18,25,31H,6-9,13H2,1-3H3. The lowest BCUT2D eigenvalue weighted by atomic mass is 10.0. The molecule has 1 aliphatic rings. The highest BCUT2D eigenvalue weighted by molar-refractivity contribution is 6.36. The van der Waals surface area contributed by atoms with Crippen LogP contribution in [0, 0.1) is 18.3 Å². The van der Waals surface area contributed by atoms with Crippen LogP contribution in [-0.2, 0) is 18.2 Å². The number of rotatable bonds is 5. The van der Waals surface area contributed by atoms with Gasteiger partial charge in [-0.1, -0.05) is 29.3 Å². The Morgan fingerprint density at radius 1 is 1.22 bits per heavy atom. The third-order valence-corrected chi connectivity index (χ3v) is 7.41. The molecule has 1 N–H and O–H groups in total. The number of aromatic nitrogens is 1. The predicted molar refractivity (Wildman–Crippen MR) is 128 cm³/mol. The number of likely N-dealkylation sites (tertiary alicyclic amines) is 1. The predicted octanol–water partition coefficient (Wildman–Crippen LogP) is 5.36. The molecule has 7 heteroatoms. The van der Waals surface area contributed by atoms with E-state index in [9.17, 15) is 10.4 Å². The van der Waals surface area contributed by atoms with Gasteiger partial charge in [-0.25, -0.2) is 0 Å². The van der Waals surface area contributed by atoms with Crippen LogP contribution >= 0.6 is 23.2 Å². The van der Waals surface area contributed by atoms with Crippen LogP contribution < -0.4 is 0 Å². The van der Waals surface area contributed by atoms with E-state index >= 15 is 0 Å². The van der Waals surface area contributed by atoms with Crippen LogP contribution in [0.4, 0.5) is 0 Å². The van der Waals surface area contributed by atoms with Crippen LogP contribution in [0.15, 0.2) is 30.3 Å². The molecule has 0 saturated carbocycles. The van der Waals surface area contributed by atoms with Gasteiger partial charge in [-0.3, -0.25) is 4.90 Å². The molecule has 1 atom stereocenters. The number of benzene rings is 2. The number of halogens is 2. The van der Waals surface area contributed by atoms with Crippen molar-refractivity contribution in [2.24, 2.45) is 7.05 Å². The second kappa shape index (κ2) is 9.43. The number of hydrogen-bond acceptors (Lipinski definition) is 4. The Bertz CT molecular complexity index is 1190. The van der Waals surface area contributed by atoms with Gasteiger partial charge in [-0.15, -0.1) is 0 Å². The summed E-state index contributed by atoms with van der Waals surface area (Å²) >= 11 is 13.4. The molecule has 1 saturated heterocycles. The van der Waals surface area contributed by atoms with Crippen LogP contribution in [0.25, 0.3) is 10.9 Å². The Labute approximate surface area is 198 Å². The van der Waals surface area contributed by atoms with Gasteiger partial charge in [-0.2, -0.15) is 5.26 Å². The number of aliphatic hydroxyl groups is 1. The van der Waals surface area contributed by atoms with Gasteiger partial charge in [0.25, 0.3) is 0 Å². The van der Waals surface area contributed by atoms with Crippen molar-refractivity contribution < 1.29 is 9.84 Å². The average Bonchev–Trinajstić information content (AvgIpc) is 3.12. The van der Waals surface area contributed by atoms with Crippen molar-refractivity contribution in [2.45, 2.75) is 38.5 Å². The molecule has 2 heterocycles. The van der Waals surface area contributed by atoms with Crippen LogP contribution in [0.5, 0.6) is 0 Å². The summed E-state index contributed by atoms with van der Waals surface area (Å²) in [6.45, 7) is 3.51. The molecule has 1 aromatic heterocycles. The van der Waals surface area contributed by atoms with Crippen LogP contribution in [0.1, 0.15) is 47.0 Å². The van der Waals surface area contributed by atoms with E-state index in [1.165, 1.54) is 0 Å². The fraction of sp³-hybridized carbons (Fsp3) is 0.400. The third kappa shape index (κ3) is 4.26. The zero-order valence-electron chi connectivity index (χ0n) is 18.5. The largest absolute Gasteiger partial charge is 0.381 e. The maximum absolute atomic E-state index is 11.1. The Morgan fingerprint density at radius 3 is 2.59 bits per heavy atom. The summed E-state index contributed by atoms with van der Waals surface area (Å²) in [5, 5.41) is 22.5. The summed E-state index contributed by atoms with van der Waals surface area (Å²) in [6, 6.07) is 11.8. The number of piperidine rings is 1. The molecule has 0 bridgehead atoms. The molecule has 0 aliphatic carbocycles. The molecule has 5 nitrogen and oxygen atoms in total. The quantitative estimate of drug-likeness (QED) is 0.543. The molecule has 4 rings (SSSR count). The molecular weight excluding hydrogens is 445 g/mol. The first-order valence-corrected chi connectivity index (χ1v) is 11.5.